The second kappa shape index (κ2) is 7.47. The van der Waals surface area contributed by atoms with Gasteiger partial charge in [0.1, 0.15) is 19.2 Å². The highest BCUT2D eigenvalue weighted by atomic mass is 19.3. The maximum Gasteiger partial charge on any atom is 0.335 e. The summed E-state index contributed by atoms with van der Waals surface area (Å²) in [7, 11) is 0. The Morgan fingerprint density at radius 1 is 0.970 bits per heavy atom. The number of ether oxygens (including phenoxy) is 3. The summed E-state index contributed by atoms with van der Waals surface area (Å²) in [4.78, 5) is 24.1. The van der Waals surface area contributed by atoms with Gasteiger partial charge in [-0.15, -0.1) is 0 Å². The Hall–Kier alpha value is -1.56. The fraction of sp³-hybridized carbons (Fsp3) is 0.905. The number of rotatable bonds is 5. The Balaban J connectivity index is 1.58. The van der Waals surface area contributed by atoms with Gasteiger partial charge in [-0.05, 0) is 43.9 Å². The first-order chi connectivity index (χ1) is 15.1. The molecule has 4 aliphatic carbocycles. The van der Waals surface area contributed by atoms with E-state index in [9.17, 15) is 41.0 Å². The number of carbonyl (C=O) groups is 2. The van der Waals surface area contributed by atoms with Crippen molar-refractivity contribution < 1.29 is 55.2 Å². The summed E-state index contributed by atoms with van der Waals surface area (Å²) in [6.07, 6.45) is -1.31. The predicted molar refractivity (Wildman–Crippen MR) is 95.2 cm³/mol. The van der Waals surface area contributed by atoms with Gasteiger partial charge < -0.3 is 24.1 Å². The average molecular weight is 487 g/mol. The molecule has 0 N–H and O–H groups in total. The molecule has 1 saturated heterocycles. The Morgan fingerprint density at radius 3 is 1.88 bits per heavy atom. The molecule has 0 aromatic rings. The summed E-state index contributed by atoms with van der Waals surface area (Å²) in [5.41, 5.74) is -1.28. The molecule has 1 heterocycles. The van der Waals surface area contributed by atoms with E-state index in [0.717, 1.165) is 0 Å². The lowest BCUT2D eigenvalue weighted by Crippen LogP contribution is -2.65. The first-order valence-electron chi connectivity index (χ1n) is 10.9. The van der Waals surface area contributed by atoms with E-state index in [1.807, 2.05) is 0 Å². The zero-order valence-electron chi connectivity index (χ0n) is 18.1. The van der Waals surface area contributed by atoms with Crippen LogP contribution in [0.15, 0.2) is 0 Å². The summed E-state index contributed by atoms with van der Waals surface area (Å²) in [5, 5.41) is 10.9. The number of alkyl halides is 6. The lowest BCUT2D eigenvalue weighted by molar-refractivity contribution is -0.348. The fourth-order valence-corrected chi connectivity index (χ4v) is 6.29. The zero-order valence-corrected chi connectivity index (χ0v) is 18.1. The molecule has 0 amide bonds. The van der Waals surface area contributed by atoms with Crippen molar-refractivity contribution >= 4 is 11.9 Å². The molecule has 3 atom stereocenters. The number of hydrogen-bond acceptors (Lipinski definition) is 6. The highest BCUT2D eigenvalue weighted by Crippen LogP contribution is 2.66. The molecular weight excluding hydrogens is 462 g/mol. The van der Waals surface area contributed by atoms with Crippen molar-refractivity contribution in [1.29, 1.82) is 0 Å². The number of hydrogen-bond donors (Lipinski definition) is 0. The van der Waals surface area contributed by atoms with Gasteiger partial charge in [-0.1, -0.05) is 13.8 Å². The van der Waals surface area contributed by atoms with Crippen molar-refractivity contribution in [3.05, 3.63) is 0 Å². The standard InChI is InChI=1S/C21H26F6O6/c1-10(2)14(20(26,27)15(28)29)33-16(30)17-5-11-3-12(6-17)21(13(4-11)7-17)31-8-18(22,23)19(24,25)9-32-21/h10-14H,3-9H2,1-2H3,(H,28,29)/p-1. The molecule has 12 heteroatoms. The van der Waals surface area contributed by atoms with Crippen LogP contribution in [0.2, 0.25) is 0 Å². The number of carboxylic acids is 1. The molecule has 4 bridgehead atoms. The lowest BCUT2D eigenvalue weighted by atomic mass is 9.47. The molecule has 3 unspecified atom stereocenters. The summed E-state index contributed by atoms with van der Waals surface area (Å²) < 4.78 is 99.6. The van der Waals surface area contributed by atoms with E-state index in [0.29, 0.717) is 12.8 Å². The minimum Gasteiger partial charge on any atom is -0.544 e. The van der Waals surface area contributed by atoms with Crippen LogP contribution < -0.4 is 5.11 Å². The Kier molecular flexibility index (Phi) is 5.56. The van der Waals surface area contributed by atoms with E-state index < -0.39 is 78.0 Å². The van der Waals surface area contributed by atoms with Gasteiger partial charge in [-0.25, -0.2) is 0 Å². The first kappa shape index (κ1) is 24.6. The molecule has 5 fully saturated rings. The van der Waals surface area contributed by atoms with Gasteiger partial charge in [0.15, 0.2) is 11.9 Å². The van der Waals surface area contributed by atoms with Crippen LogP contribution in [-0.4, -0.2) is 54.8 Å². The lowest BCUT2D eigenvalue weighted by Gasteiger charge is -2.62. The van der Waals surface area contributed by atoms with Crippen LogP contribution in [0.1, 0.15) is 46.0 Å². The smallest absolute Gasteiger partial charge is 0.335 e. The Morgan fingerprint density at radius 2 is 1.45 bits per heavy atom. The van der Waals surface area contributed by atoms with E-state index in [-0.39, 0.29) is 25.2 Å². The summed E-state index contributed by atoms with van der Waals surface area (Å²) in [6, 6.07) is 0. The van der Waals surface area contributed by atoms with Crippen molar-refractivity contribution in [3.63, 3.8) is 0 Å². The van der Waals surface area contributed by atoms with Crippen LogP contribution >= 0.6 is 0 Å². The quantitative estimate of drug-likeness (QED) is 0.438. The monoisotopic (exact) mass is 487 g/mol. The molecule has 0 aromatic heterocycles. The summed E-state index contributed by atoms with van der Waals surface area (Å²) in [5.74, 6) is -21.2. The summed E-state index contributed by atoms with van der Waals surface area (Å²) >= 11 is 0. The van der Waals surface area contributed by atoms with Crippen molar-refractivity contribution in [3.8, 4) is 0 Å². The van der Waals surface area contributed by atoms with Gasteiger partial charge in [0, 0.05) is 11.8 Å². The third-order valence-electron chi connectivity index (χ3n) is 7.72. The van der Waals surface area contributed by atoms with Crippen molar-refractivity contribution in [2.45, 2.75) is 75.6 Å². The maximum absolute atomic E-state index is 14.1. The third-order valence-corrected chi connectivity index (χ3v) is 7.72. The molecular formula is C21H25F6O6-. The molecule has 1 spiro atoms. The normalized spacial score (nSPS) is 37.1. The highest BCUT2D eigenvalue weighted by Gasteiger charge is 2.70. The SMILES string of the molecule is CC(C)C(OC(=O)C12CC3CC(C1)C1(OCC(F)(F)C(F)(F)CO1)C(C3)C2)C(F)(F)C(=O)[O-]. The molecule has 0 radical (unpaired) electrons. The van der Waals surface area contributed by atoms with Crippen LogP contribution in [0.3, 0.4) is 0 Å². The van der Waals surface area contributed by atoms with Gasteiger partial charge in [0.25, 0.3) is 0 Å². The van der Waals surface area contributed by atoms with E-state index in [2.05, 4.69) is 0 Å². The van der Waals surface area contributed by atoms with Crippen molar-refractivity contribution in [1.82, 2.24) is 0 Å². The fourth-order valence-electron chi connectivity index (χ4n) is 6.29. The number of carbonyl (C=O) groups excluding carboxylic acids is 2. The average Bonchev–Trinajstić information content (AvgIpc) is 2.78. The second-order valence-electron chi connectivity index (χ2n) is 10.3. The molecule has 5 aliphatic rings. The van der Waals surface area contributed by atoms with Crippen LogP contribution in [0.4, 0.5) is 26.3 Å². The Labute approximate surface area is 185 Å². The van der Waals surface area contributed by atoms with E-state index in [1.165, 1.54) is 13.8 Å². The zero-order chi connectivity index (χ0) is 24.6. The number of esters is 1. The van der Waals surface area contributed by atoms with Gasteiger partial charge in [0.2, 0.25) is 0 Å². The van der Waals surface area contributed by atoms with Crippen LogP contribution in [0.5, 0.6) is 0 Å². The van der Waals surface area contributed by atoms with Crippen molar-refractivity contribution in [2.75, 3.05) is 13.2 Å². The molecule has 0 aromatic carbocycles. The van der Waals surface area contributed by atoms with Gasteiger partial charge in [0.05, 0.1) is 5.41 Å². The molecule has 188 valence electrons. The van der Waals surface area contributed by atoms with Gasteiger partial charge >= 0.3 is 23.7 Å². The summed E-state index contributed by atoms with van der Waals surface area (Å²) in [6.45, 7) is -0.529. The van der Waals surface area contributed by atoms with Crippen LogP contribution in [0.25, 0.3) is 0 Å². The minimum absolute atomic E-state index is 0.0440. The molecule has 6 nitrogen and oxygen atoms in total. The maximum atomic E-state index is 14.1. The van der Waals surface area contributed by atoms with E-state index in [4.69, 9.17) is 14.2 Å². The number of halogens is 6. The molecule has 1 aliphatic heterocycles. The third kappa shape index (κ3) is 3.62. The van der Waals surface area contributed by atoms with Gasteiger partial charge in [-0.2, -0.15) is 26.3 Å². The van der Waals surface area contributed by atoms with Crippen molar-refractivity contribution in [2.24, 2.45) is 29.1 Å². The predicted octanol–water partition coefficient (Wildman–Crippen LogP) is 2.78. The van der Waals surface area contributed by atoms with Crippen LogP contribution in [0, 0.1) is 29.1 Å². The number of aliphatic carboxylic acids is 1. The van der Waals surface area contributed by atoms with E-state index in [1.54, 1.807) is 0 Å². The highest BCUT2D eigenvalue weighted by molar-refractivity contribution is 5.79. The van der Waals surface area contributed by atoms with Crippen LogP contribution in [-0.2, 0) is 23.8 Å². The van der Waals surface area contributed by atoms with E-state index >= 15 is 0 Å². The topological polar surface area (TPSA) is 84.9 Å². The first-order valence-corrected chi connectivity index (χ1v) is 10.9. The van der Waals surface area contributed by atoms with Gasteiger partial charge in [-0.3, -0.25) is 4.79 Å². The molecule has 33 heavy (non-hydrogen) atoms. The molecule has 4 saturated carbocycles. The number of carboxylic acid groups (broad SMARTS) is 1. The minimum atomic E-state index is -4.43. The second-order valence-corrected chi connectivity index (χ2v) is 10.3. The Bertz CT molecular complexity index is 794. The largest absolute Gasteiger partial charge is 0.544 e. The molecule has 5 rings (SSSR count).